The van der Waals surface area contributed by atoms with Crippen molar-refractivity contribution in [1.82, 2.24) is 9.97 Å². The lowest BCUT2D eigenvalue weighted by Gasteiger charge is -2.18. The first-order valence-electron chi connectivity index (χ1n) is 6.35. The smallest absolute Gasteiger partial charge is 0.198 e. The third-order valence-corrected chi connectivity index (χ3v) is 3.84. The van der Waals surface area contributed by atoms with Gasteiger partial charge < -0.3 is 10.7 Å². The number of hydroxylamine groups is 1. The molecule has 0 bridgehead atoms. The summed E-state index contributed by atoms with van der Waals surface area (Å²) in [5, 5.41) is 18.9. The predicted molar refractivity (Wildman–Crippen MR) is 85.7 cm³/mol. The molecule has 9 heteroatoms. The van der Waals surface area contributed by atoms with Gasteiger partial charge in [0.05, 0.1) is 15.7 Å². The van der Waals surface area contributed by atoms with Gasteiger partial charge in [0.2, 0.25) is 0 Å². The number of anilines is 2. The molecule has 0 unspecified atom stereocenters. The summed E-state index contributed by atoms with van der Waals surface area (Å²) < 4.78 is 27.1. The van der Waals surface area contributed by atoms with E-state index in [1.807, 2.05) is 0 Å². The summed E-state index contributed by atoms with van der Waals surface area (Å²) in [6.45, 7) is 0. The third-order valence-electron chi connectivity index (χ3n) is 3.23. The van der Waals surface area contributed by atoms with E-state index in [0.717, 1.165) is 12.1 Å². The Morgan fingerprint density at radius 3 is 2.65 bits per heavy atom. The average Bonchev–Trinajstić information content (AvgIpc) is 2.91. The van der Waals surface area contributed by atoms with Gasteiger partial charge in [0.1, 0.15) is 11.3 Å². The normalized spacial score (nSPS) is 11.0. The monoisotopic (exact) mass is 381 g/mol. The molecule has 1 aromatic heterocycles. The van der Waals surface area contributed by atoms with E-state index in [1.165, 1.54) is 18.2 Å². The number of H-pyrrole nitrogens is 1. The quantitative estimate of drug-likeness (QED) is 0.310. The van der Waals surface area contributed by atoms with Gasteiger partial charge in [0.25, 0.3) is 0 Å². The van der Waals surface area contributed by atoms with Crippen LogP contribution in [0.25, 0.3) is 11.0 Å². The van der Waals surface area contributed by atoms with Gasteiger partial charge in [-0.3, -0.25) is 10.6 Å². The number of aromatic amines is 1. The van der Waals surface area contributed by atoms with E-state index in [2.05, 4.69) is 25.9 Å². The molecule has 0 spiro atoms. The molecule has 3 aromatic rings. The molecular formula is C14H10BrF2N5O. The maximum Gasteiger partial charge on any atom is 0.198 e. The average molecular weight is 382 g/mol. The molecule has 23 heavy (non-hydrogen) atoms. The minimum Gasteiger partial charge on any atom is -0.369 e. The molecule has 0 aliphatic heterocycles. The summed E-state index contributed by atoms with van der Waals surface area (Å²) >= 11 is 3.01. The van der Waals surface area contributed by atoms with Crippen LogP contribution in [0.3, 0.4) is 0 Å². The van der Waals surface area contributed by atoms with Crippen molar-refractivity contribution in [3.63, 3.8) is 0 Å². The Bertz CT molecular complexity index is 927. The van der Waals surface area contributed by atoms with Gasteiger partial charge in [-0.15, -0.1) is 0 Å². The molecular weight excluding hydrogens is 372 g/mol. The first-order valence-corrected chi connectivity index (χ1v) is 7.14. The lowest BCUT2D eigenvalue weighted by Crippen LogP contribution is -2.27. The summed E-state index contributed by atoms with van der Waals surface area (Å²) in [6.07, 6.45) is 0. The van der Waals surface area contributed by atoms with Crippen molar-refractivity contribution in [3.05, 3.63) is 52.0 Å². The fourth-order valence-corrected chi connectivity index (χ4v) is 2.50. The molecule has 0 saturated carbocycles. The van der Waals surface area contributed by atoms with Crippen molar-refractivity contribution in [1.29, 1.82) is 5.41 Å². The predicted octanol–water partition coefficient (Wildman–Crippen LogP) is 3.41. The Morgan fingerprint density at radius 1 is 1.26 bits per heavy atom. The molecule has 118 valence electrons. The molecule has 3 rings (SSSR count). The first-order chi connectivity index (χ1) is 10.9. The molecule has 0 amide bonds. The summed E-state index contributed by atoms with van der Waals surface area (Å²) in [6, 6.07) is 6.20. The van der Waals surface area contributed by atoms with Gasteiger partial charge in [0, 0.05) is 5.56 Å². The number of nitrogens with zero attached hydrogens (tertiary/aromatic N) is 2. The van der Waals surface area contributed by atoms with E-state index in [1.54, 1.807) is 0 Å². The van der Waals surface area contributed by atoms with Crippen LogP contribution in [-0.4, -0.2) is 21.0 Å². The van der Waals surface area contributed by atoms with Gasteiger partial charge in [-0.1, -0.05) is 0 Å². The van der Waals surface area contributed by atoms with Gasteiger partial charge in [-0.25, -0.2) is 18.8 Å². The largest absolute Gasteiger partial charge is 0.369 e. The van der Waals surface area contributed by atoms with Crippen LogP contribution in [0.4, 0.5) is 20.4 Å². The molecule has 2 aromatic carbocycles. The number of nitrogen functional groups attached to an aromatic ring is 1. The molecule has 0 radical (unpaired) electrons. The van der Waals surface area contributed by atoms with Gasteiger partial charge in [0.15, 0.2) is 17.6 Å². The minimum absolute atomic E-state index is 0.00633. The van der Waals surface area contributed by atoms with Crippen molar-refractivity contribution >= 4 is 44.4 Å². The van der Waals surface area contributed by atoms with Gasteiger partial charge in [-0.2, -0.15) is 0 Å². The van der Waals surface area contributed by atoms with E-state index in [-0.39, 0.29) is 38.5 Å². The van der Waals surface area contributed by atoms with Gasteiger partial charge in [-0.05, 0) is 46.3 Å². The molecule has 0 fully saturated rings. The van der Waals surface area contributed by atoms with Gasteiger partial charge >= 0.3 is 0 Å². The lowest BCUT2D eigenvalue weighted by molar-refractivity contribution is 0.312. The Balaban J connectivity index is 2.06. The molecule has 1 heterocycles. The summed E-state index contributed by atoms with van der Waals surface area (Å²) in [7, 11) is 0. The molecule has 0 atom stereocenters. The van der Waals surface area contributed by atoms with Crippen LogP contribution >= 0.6 is 15.9 Å². The number of nitrogens with two attached hydrogens (primary N) is 1. The lowest BCUT2D eigenvalue weighted by atomic mass is 10.1. The number of benzene rings is 2. The fourth-order valence-electron chi connectivity index (χ4n) is 2.14. The maximum atomic E-state index is 13.7. The van der Waals surface area contributed by atoms with Crippen LogP contribution in [0.5, 0.6) is 0 Å². The highest BCUT2D eigenvalue weighted by Gasteiger charge is 2.19. The number of amidine groups is 1. The Labute approximate surface area is 137 Å². The van der Waals surface area contributed by atoms with Crippen LogP contribution in [-0.2, 0) is 0 Å². The van der Waals surface area contributed by atoms with E-state index in [0.29, 0.717) is 5.06 Å². The number of nitrogens with one attached hydrogen (secondary N) is 2. The zero-order valence-electron chi connectivity index (χ0n) is 11.4. The number of hydrogen-bond acceptors (Lipinski definition) is 4. The molecule has 0 saturated heterocycles. The Morgan fingerprint density at radius 2 is 1.96 bits per heavy atom. The fraction of sp³-hybridized carbons (Fsp3) is 0. The minimum atomic E-state index is -0.599. The number of halogens is 3. The van der Waals surface area contributed by atoms with E-state index in [9.17, 15) is 14.0 Å². The highest BCUT2D eigenvalue weighted by molar-refractivity contribution is 9.10. The molecule has 6 nitrogen and oxygen atoms in total. The second kappa shape index (κ2) is 5.60. The van der Waals surface area contributed by atoms with Crippen LogP contribution in [0.15, 0.2) is 34.8 Å². The van der Waals surface area contributed by atoms with Crippen LogP contribution < -0.4 is 10.8 Å². The summed E-state index contributed by atoms with van der Waals surface area (Å²) in [5.74, 6) is -1.46. The van der Waals surface area contributed by atoms with Crippen molar-refractivity contribution in [2.24, 2.45) is 0 Å². The SMILES string of the molecule is N=C(c1ccc(F)c2nc(N)[nH]c12)N(O)c1ccc(F)c(Br)c1. The zero-order valence-corrected chi connectivity index (χ0v) is 13.0. The second-order valence-corrected chi connectivity index (χ2v) is 5.55. The van der Waals surface area contributed by atoms with Crippen molar-refractivity contribution in [3.8, 4) is 0 Å². The van der Waals surface area contributed by atoms with Crippen molar-refractivity contribution in [2.75, 3.05) is 10.8 Å². The molecule has 5 N–H and O–H groups in total. The number of aromatic nitrogens is 2. The van der Waals surface area contributed by atoms with Crippen LogP contribution in [0.2, 0.25) is 0 Å². The van der Waals surface area contributed by atoms with Crippen LogP contribution in [0, 0.1) is 17.0 Å². The number of fused-ring (bicyclic) bond motifs is 1. The highest BCUT2D eigenvalue weighted by atomic mass is 79.9. The number of rotatable bonds is 2. The van der Waals surface area contributed by atoms with Crippen molar-refractivity contribution in [2.45, 2.75) is 0 Å². The van der Waals surface area contributed by atoms with E-state index < -0.39 is 11.6 Å². The van der Waals surface area contributed by atoms with E-state index >= 15 is 0 Å². The maximum absolute atomic E-state index is 13.7. The highest BCUT2D eigenvalue weighted by Crippen LogP contribution is 2.26. The summed E-state index contributed by atoms with van der Waals surface area (Å²) in [5.41, 5.74) is 6.03. The third kappa shape index (κ3) is 2.64. The summed E-state index contributed by atoms with van der Waals surface area (Å²) in [4.78, 5) is 6.46. The van der Waals surface area contributed by atoms with Crippen LogP contribution in [0.1, 0.15) is 5.56 Å². The molecule has 0 aliphatic rings. The standard InChI is InChI=1S/C14H10BrF2N5O/c15-8-5-6(1-3-9(8)16)22(23)13(18)7-2-4-10(17)12-11(7)20-14(19)21-12/h1-5,18,23H,(H3,19,20,21). The second-order valence-electron chi connectivity index (χ2n) is 4.70. The zero-order chi connectivity index (χ0) is 16.7. The number of hydrogen-bond donors (Lipinski definition) is 4. The topological polar surface area (TPSA) is 102 Å². The number of imidazole rings is 1. The van der Waals surface area contributed by atoms with Crippen molar-refractivity contribution < 1.29 is 14.0 Å². The first kappa shape index (κ1) is 15.4. The van der Waals surface area contributed by atoms with E-state index in [4.69, 9.17) is 11.1 Å². The Kier molecular flexibility index (Phi) is 3.74. The molecule has 0 aliphatic carbocycles. The Hall–Kier alpha value is -2.52.